The van der Waals surface area contributed by atoms with E-state index >= 15 is 0 Å². The van der Waals surface area contributed by atoms with Crippen molar-refractivity contribution in [1.82, 2.24) is 0 Å². The first-order chi connectivity index (χ1) is 10.1. The molecule has 0 radical (unpaired) electrons. The number of thioether (sulfide) groups is 1. The van der Waals surface area contributed by atoms with Gasteiger partial charge in [0.1, 0.15) is 0 Å². The number of rotatable bonds is 2. The van der Waals surface area contributed by atoms with Crippen LogP contribution in [0, 0.1) is 6.92 Å². The van der Waals surface area contributed by atoms with Crippen molar-refractivity contribution in [2.24, 2.45) is 4.99 Å². The molecule has 1 aliphatic heterocycles. The molecule has 0 bridgehead atoms. The number of aliphatic imine (C=N–C) groups is 1. The van der Waals surface area contributed by atoms with Gasteiger partial charge in [-0.05, 0) is 46.1 Å². The van der Waals surface area contributed by atoms with Gasteiger partial charge in [-0.25, -0.2) is 0 Å². The molecule has 1 aliphatic rings. The van der Waals surface area contributed by atoms with Crippen LogP contribution in [-0.2, 0) is 0 Å². The van der Waals surface area contributed by atoms with Crippen molar-refractivity contribution >= 4 is 50.1 Å². The van der Waals surface area contributed by atoms with Crippen LogP contribution in [0.2, 0.25) is 5.02 Å². The summed E-state index contributed by atoms with van der Waals surface area (Å²) in [5.41, 5.74) is 3.31. The summed E-state index contributed by atoms with van der Waals surface area (Å²) >= 11 is 11.5. The molecule has 1 unspecified atom stereocenters. The summed E-state index contributed by atoms with van der Waals surface area (Å²) in [6.45, 7) is 2.79. The molecule has 0 amide bonds. The highest BCUT2D eigenvalue weighted by atomic mass is 79.9. The van der Waals surface area contributed by atoms with Crippen molar-refractivity contribution in [2.45, 2.75) is 12.2 Å². The Bertz CT molecular complexity index is 688. The lowest BCUT2D eigenvalue weighted by Gasteiger charge is -2.11. The Morgan fingerprint density at radius 3 is 2.81 bits per heavy atom. The molecule has 1 heterocycles. The van der Waals surface area contributed by atoms with Gasteiger partial charge in [0.2, 0.25) is 0 Å². The molecule has 0 aromatic heterocycles. The zero-order valence-corrected chi connectivity index (χ0v) is 14.6. The lowest BCUT2D eigenvalue weighted by atomic mass is 10.1. The maximum absolute atomic E-state index is 6.19. The molecule has 2 aromatic rings. The van der Waals surface area contributed by atoms with Crippen LogP contribution in [0.3, 0.4) is 0 Å². The Balaban J connectivity index is 1.72. The van der Waals surface area contributed by atoms with E-state index in [0.717, 1.165) is 32.5 Å². The molecule has 0 aliphatic carbocycles. The number of amidine groups is 1. The van der Waals surface area contributed by atoms with Gasteiger partial charge in [0, 0.05) is 9.50 Å². The molecular weight excluding hydrogens is 368 g/mol. The number of nitrogens with zero attached hydrogens (tertiary/aromatic N) is 1. The monoisotopic (exact) mass is 380 g/mol. The van der Waals surface area contributed by atoms with Gasteiger partial charge in [-0.15, -0.1) is 0 Å². The molecule has 1 atom stereocenters. The quantitative estimate of drug-likeness (QED) is 0.725. The van der Waals surface area contributed by atoms with Gasteiger partial charge < -0.3 is 5.32 Å². The van der Waals surface area contributed by atoms with Crippen molar-refractivity contribution in [2.75, 3.05) is 11.9 Å². The molecule has 108 valence electrons. The number of aryl methyl sites for hydroxylation is 1. The van der Waals surface area contributed by atoms with Gasteiger partial charge in [-0.3, -0.25) is 4.99 Å². The number of halogens is 2. The van der Waals surface area contributed by atoms with Gasteiger partial charge in [0.15, 0.2) is 5.17 Å². The van der Waals surface area contributed by atoms with Crippen LogP contribution in [0.25, 0.3) is 0 Å². The fourth-order valence-electron chi connectivity index (χ4n) is 2.14. The Kier molecular flexibility index (Phi) is 4.57. The summed E-state index contributed by atoms with van der Waals surface area (Å²) in [5, 5.41) is 5.43. The zero-order chi connectivity index (χ0) is 14.8. The normalized spacial score (nSPS) is 17.7. The minimum absolute atomic E-state index is 0.383. The second kappa shape index (κ2) is 6.42. The number of hydrogen-bond donors (Lipinski definition) is 1. The Hall–Kier alpha value is -0.970. The van der Waals surface area contributed by atoms with Crippen LogP contribution in [-0.4, -0.2) is 11.7 Å². The lowest BCUT2D eigenvalue weighted by Crippen LogP contribution is -2.06. The lowest BCUT2D eigenvalue weighted by molar-refractivity contribution is 0.966. The summed E-state index contributed by atoms with van der Waals surface area (Å²) in [6, 6.07) is 14.4. The van der Waals surface area contributed by atoms with Gasteiger partial charge in [-0.2, -0.15) is 0 Å². The van der Waals surface area contributed by atoms with Gasteiger partial charge in [-0.1, -0.05) is 53.7 Å². The van der Waals surface area contributed by atoms with E-state index in [4.69, 9.17) is 11.6 Å². The minimum Gasteiger partial charge on any atom is -0.334 e. The van der Waals surface area contributed by atoms with Crippen LogP contribution in [0.4, 0.5) is 5.69 Å². The predicted octanol–water partition coefficient (Wildman–Crippen LogP) is 5.67. The van der Waals surface area contributed by atoms with Crippen molar-refractivity contribution < 1.29 is 0 Å². The minimum atomic E-state index is 0.383. The van der Waals surface area contributed by atoms with Crippen molar-refractivity contribution in [3.05, 3.63) is 63.1 Å². The Morgan fingerprint density at radius 2 is 2.05 bits per heavy atom. The maximum Gasteiger partial charge on any atom is 0.161 e. The van der Waals surface area contributed by atoms with Gasteiger partial charge >= 0.3 is 0 Å². The van der Waals surface area contributed by atoms with E-state index in [9.17, 15) is 0 Å². The standard InChI is InChI=1S/C16H14BrClN2S/c1-10-7-12(17)14(8-13(10)18)20-16-19-9-15(21-16)11-5-3-2-4-6-11/h2-8,15H,9H2,1H3,(H,19,20). The average molecular weight is 382 g/mol. The average Bonchev–Trinajstić information content (AvgIpc) is 2.94. The fourth-order valence-corrected chi connectivity index (χ4v) is 3.89. The smallest absolute Gasteiger partial charge is 0.161 e. The van der Waals surface area contributed by atoms with Crippen LogP contribution >= 0.6 is 39.3 Å². The van der Waals surface area contributed by atoms with E-state index in [1.807, 2.05) is 25.1 Å². The third-order valence-electron chi connectivity index (χ3n) is 3.32. The van der Waals surface area contributed by atoms with Crippen LogP contribution in [0.15, 0.2) is 51.9 Å². The van der Waals surface area contributed by atoms with Crippen LogP contribution in [0.5, 0.6) is 0 Å². The zero-order valence-electron chi connectivity index (χ0n) is 11.4. The summed E-state index contributed by atoms with van der Waals surface area (Å²) in [6.07, 6.45) is 0. The van der Waals surface area contributed by atoms with Gasteiger partial charge in [0.05, 0.1) is 17.5 Å². The van der Waals surface area contributed by atoms with E-state index < -0.39 is 0 Å². The molecule has 21 heavy (non-hydrogen) atoms. The number of anilines is 1. The molecule has 1 N–H and O–H groups in total. The Labute approximate surface area is 142 Å². The third kappa shape index (κ3) is 3.44. The van der Waals surface area contributed by atoms with E-state index in [-0.39, 0.29) is 0 Å². The summed E-state index contributed by atoms with van der Waals surface area (Å²) < 4.78 is 0.996. The molecule has 0 saturated carbocycles. The van der Waals surface area contributed by atoms with E-state index in [1.165, 1.54) is 5.56 Å². The van der Waals surface area contributed by atoms with Crippen molar-refractivity contribution in [3.8, 4) is 0 Å². The highest BCUT2D eigenvalue weighted by molar-refractivity contribution is 9.10. The molecule has 2 aromatic carbocycles. The fraction of sp³-hybridized carbons (Fsp3) is 0.188. The highest BCUT2D eigenvalue weighted by Crippen LogP contribution is 2.37. The first-order valence-corrected chi connectivity index (χ1v) is 8.67. The molecular formula is C16H14BrClN2S. The summed E-state index contributed by atoms with van der Waals surface area (Å²) in [4.78, 5) is 4.59. The number of hydrogen-bond acceptors (Lipinski definition) is 3. The second-order valence-corrected chi connectivity index (χ2v) is 7.32. The molecule has 2 nitrogen and oxygen atoms in total. The number of nitrogens with one attached hydrogen (secondary N) is 1. The first-order valence-electron chi connectivity index (χ1n) is 6.62. The SMILES string of the molecule is Cc1cc(Br)c(NC2=NCC(c3ccccc3)S2)cc1Cl. The maximum atomic E-state index is 6.19. The Morgan fingerprint density at radius 1 is 1.29 bits per heavy atom. The first kappa shape index (κ1) is 14.9. The highest BCUT2D eigenvalue weighted by Gasteiger charge is 2.21. The topological polar surface area (TPSA) is 24.4 Å². The van der Waals surface area contributed by atoms with Crippen molar-refractivity contribution in [3.63, 3.8) is 0 Å². The molecule has 0 spiro atoms. The van der Waals surface area contributed by atoms with Crippen molar-refractivity contribution in [1.29, 1.82) is 0 Å². The third-order valence-corrected chi connectivity index (χ3v) is 5.54. The largest absolute Gasteiger partial charge is 0.334 e. The van der Waals surface area contributed by atoms with Crippen LogP contribution < -0.4 is 5.32 Å². The number of benzene rings is 2. The second-order valence-electron chi connectivity index (χ2n) is 4.87. The van der Waals surface area contributed by atoms with E-state index in [0.29, 0.717) is 5.25 Å². The van der Waals surface area contributed by atoms with E-state index in [2.05, 4.69) is 50.5 Å². The molecule has 3 rings (SSSR count). The molecule has 0 saturated heterocycles. The predicted molar refractivity (Wildman–Crippen MR) is 96.6 cm³/mol. The molecule has 0 fully saturated rings. The van der Waals surface area contributed by atoms with Crippen LogP contribution in [0.1, 0.15) is 16.4 Å². The summed E-state index contributed by atoms with van der Waals surface area (Å²) in [7, 11) is 0. The summed E-state index contributed by atoms with van der Waals surface area (Å²) in [5.74, 6) is 0. The van der Waals surface area contributed by atoms with E-state index in [1.54, 1.807) is 11.8 Å². The molecule has 5 heteroatoms. The van der Waals surface area contributed by atoms with Gasteiger partial charge in [0.25, 0.3) is 0 Å².